The van der Waals surface area contributed by atoms with Crippen LogP contribution in [0.5, 0.6) is 5.75 Å². The highest BCUT2D eigenvalue weighted by Gasteiger charge is 2.19. The van der Waals surface area contributed by atoms with Gasteiger partial charge in [0.1, 0.15) is 5.75 Å². The number of primary sulfonamides is 1. The Morgan fingerprint density at radius 1 is 1.32 bits per heavy atom. The Bertz CT molecular complexity index is 664. The number of nitrogens with two attached hydrogens (primary N) is 1. The second-order valence-electron chi connectivity index (χ2n) is 5.27. The van der Waals surface area contributed by atoms with Crippen LogP contribution in [0.4, 0.5) is 5.69 Å². The monoisotopic (exact) mass is 324 g/mol. The van der Waals surface area contributed by atoms with Crippen molar-refractivity contribution in [1.29, 1.82) is 0 Å². The fraction of sp³-hybridized carbons (Fsp3) is 0.400. The number of carbonyl (C=O) groups is 1. The summed E-state index contributed by atoms with van der Waals surface area (Å²) in [6.45, 7) is 3.38. The molecule has 0 spiro atoms. The van der Waals surface area contributed by atoms with Crippen LogP contribution in [0.2, 0.25) is 0 Å². The van der Waals surface area contributed by atoms with Gasteiger partial charge in [-0.15, -0.1) is 0 Å². The van der Waals surface area contributed by atoms with Gasteiger partial charge in [-0.3, -0.25) is 4.79 Å². The van der Waals surface area contributed by atoms with Gasteiger partial charge >= 0.3 is 0 Å². The zero-order valence-corrected chi connectivity index (χ0v) is 13.1. The first-order valence-electron chi connectivity index (χ1n) is 7.17. The highest BCUT2D eigenvalue weighted by atomic mass is 32.2. The highest BCUT2D eigenvalue weighted by Crippen LogP contribution is 2.31. The van der Waals surface area contributed by atoms with E-state index in [0.29, 0.717) is 5.75 Å². The molecule has 0 radical (unpaired) electrons. The Hall–Kier alpha value is -1.86. The quantitative estimate of drug-likeness (QED) is 0.811. The normalized spacial score (nSPS) is 16.0. The number of ether oxygens (including phenoxy) is 1. The number of rotatable bonds is 5. The first kappa shape index (κ1) is 16.5. The van der Waals surface area contributed by atoms with E-state index in [0.717, 1.165) is 31.8 Å². The molecule has 0 atom stereocenters. The Morgan fingerprint density at radius 3 is 2.59 bits per heavy atom. The maximum atomic E-state index is 11.5. The molecule has 1 saturated carbocycles. The molecular weight excluding hydrogens is 304 g/mol. The second kappa shape index (κ2) is 6.93. The SMILES string of the molecule is C=CC(=O)Nc1cc(S(N)(=O)=O)ccc1OC1CCCCC1. The molecular formula is C15H20N2O4S. The smallest absolute Gasteiger partial charge is 0.247 e. The predicted molar refractivity (Wildman–Crippen MR) is 84.1 cm³/mol. The third-order valence-electron chi connectivity index (χ3n) is 3.57. The van der Waals surface area contributed by atoms with Crippen LogP contribution in [0, 0.1) is 0 Å². The Kier molecular flexibility index (Phi) is 5.20. The average molecular weight is 324 g/mol. The van der Waals surface area contributed by atoms with Crippen LogP contribution in [0.1, 0.15) is 32.1 Å². The van der Waals surface area contributed by atoms with E-state index in [-0.39, 0.29) is 16.7 Å². The van der Waals surface area contributed by atoms with Gasteiger partial charge in [-0.1, -0.05) is 13.0 Å². The van der Waals surface area contributed by atoms with E-state index in [9.17, 15) is 13.2 Å². The van der Waals surface area contributed by atoms with Gasteiger partial charge in [-0.2, -0.15) is 0 Å². The molecule has 3 N–H and O–H groups in total. The number of nitrogens with one attached hydrogen (secondary N) is 1. The van der Waals surface area contributed by atoms with E-state index in [1.165, 1.54) is 24.6 Å². The molecule has 0 aliphatic heterocycles. The van der Waals surface area contributed by atoms with Crippen molar-refractivity contribution in [3.63, 3.8) is 0 Å². The molecule has 2 rings (SSSR count). The van der Waals surface area contributed by atoms with Crippen molar-refractivity contribution in [2.45, 2.75) is 43.1 Å². The number of benzene rings is 1. The van der Waals surface area contributed by atoms with E-state index in [1.807, 2.05) is 0 Å². The van der Waals surface area contributed by atoms with E-state index in [1.54, 1.807) is 0 Å². The van der Waals surface area contributed by atoms with Crippen molar-refractivity contribution in [2.24, 2.45) is 5.14 Å². The topological polar surface area (TPSA) is 98.5 Å². The van der Waals surface area contributed by atoms with Gasteiger partial charge < -0.3 is 10.1 Å². The molecule has 0 unspecified atom stereocenters. The number of carbonyl (C=O) groups excluding carboxylic acids is 1. The van der Waals surface area contributed by atoms with Crippen LogP contribution in [0.15, 0.2) is 35.7 Å². The maximum absolute atomic E-state index is 11.5. The summed E-state index contributed by atoms with van der Waals surface area (Å²) in [5.41, 5.74) is 0.280. The minimum atomic E-state index is -3.85. The van der Waals surface area contributed by atoms with Crippen molar-refractivity contribution in [3.8, 4) is 5.75 Å². The van der Waals surface area contributed by atoms with E-state index >= 15 is 0 Å². The standard InChI is InChI=1S/C15H20N2O4S/c1-2-15(18)17-13-10-12(22(16,19)20)8-9-14(13)21-11-6-4-3-5-7-11/h2,8-11H,1,3-7H2,(H,17,18)(H2,16,19,20). The second-order valence-corrected chi connectivity index (χ2v) is 6.84. The zero-order chi connectivity index (χ0) is 16.2. The largest absolute Gasteiger partial charge is 0.488 e. The number of sulfonamides is 1. The first-order valence-corrected chi connectivity index (χ1v) is 8.71. The van der Waals surface area contributed by atoms with Crippen LogP contribution in [0.25, 0.3) is 0 Å². The maximum Gasteiger partial charge on any atom is 0.247 e. The van der Waals surface area contributed by atoms with Gasteiger partial charge in [0.05, 0.1) is 16.7 Å². The van der Waals surface area contributed by atoms with Crippen molar-refractivity contribution in [2.75, 3.05) is 5.32 Å². The summed E-state index contributed by atoms with van der Waals surface area (Å²) in [5.74, 6) is -0.00503. The van der Waals surface area contributed by atoms with Gasteiger partial charge in [0.15, 0.2) is 0 Å². The molecule has 1 aromatic rings. The average Bonchev–Trinajstić information content (AvgIpc) is 2.49. The summed E-state index contributed by atoms with van der Waals surface area (Å²) in [7, 11) is -3.85. The molecule has 0 heterocycles. The Morgan fingerprint density at radius 2 is 2.00 bits per heavy atom. The lowest BCUT2D eigenvalue weighted by Gasteiger charge is -2.24. The highest BCUT2D eigenvalue weighted by molar-refractivity contribution is 7.89. The lowest BCUT2D eigenvalue weighted by Crippen LogP contribution is -2.21. The number of anilines is 1. The van der Waals surface area contributed by atoms with E-state index in [2.05, 4.69) is 11.9 Å². The Balaban J connectivity index is 2.29. The molecule has 1 aliphatic rings. The first-order chi connectivity index (χ1) is 10.4. The number of hydrogen-bond donors (Lipinski definition) is 2. The lowest BCUT2D eigenvalue weighted by atomic mass is 9.98. The predicted octanol–water partition coefficient (Wildman–Crippen LogP) is 2.17. The molecule has 1 aromatic carbocycles. The third-order valence-corrected chi connectivity index (χ3v) is 4.48. The van der Waals surface area contributed by atoms with Gasteiger partial charge in [0.2, 0.25) is 15.9 Å². The molecule has 120 valence electrons. The van der Waals surface area contributed by atoms with Crippen molar-refractivity contribution in [1.82, 2.24) is 0 Å². The van der Waals surface area contributed by atoms with Gasteiger partial charge in [0.25, 0.3) is 0 Å². The zero-order valence-electron chi connectivity index (χ0n) is 12.2. The summed E-state index contributed by atoms with van der Waals surface area (Å²) in [5, 5.41) is 7.68. The fourth-order valence-corrected chi connectivity index (χ4v) is 2.97. The van der Waals surface area contributed by atoms with Crippen molar-refractivity contribution in [3.05, 3.63) is 30.9 Å². The minimum absolute atomic E-state index is 0.0773. The van der Waals surface area contributed by atoms with E-state index in [4.69, 9.17) is 9.88 Å². The summed E-state index contributed by atoms with van der Waals surface area (Å²) in [6.07, 6.45) is 6.49. The molecule has 1 fully saturated rings. The van der Waals surface area contributed by atoms with Crippen LogP contribution < -0.4 is 15.2 Å². The molecule has 1 aliphatic carbocycles. The van der Waals surface area contributed by atoms with Crippen LogP contribution in [-0.4, -0.2) is 20.4 Å². The molecule has 0 aromatic heterocycles. The van der Waals surface area contributed by atoms with Crippen molar-refractivity contribution < 1.29 is 17.9 Å². The van der Waals surface area contributed by atoms with Gasteiger partial charge in [-0.05, 0) is 50.0 Å². The molecule has 7 heteroatoms. The fourth-order valence-electron chi connectivity index (χ4n) is 2.43. The molecule has 0 saturated heterocycles. The summed E-state index contributed by atoms with van der Waals surface area (Å²) < 4.78 is 28.8. The van der Waals surface area contributed by atoms with Gasteiger partial charge in [-0.25, -0.2) is 13.6 Å². The molecule has 0 bridgehead atoms. The van der Waals surface area contributed by atoms with Crippen LogP contribution in [-0.2, 0) is 14.8 Å². The molecule has 22 heavy (non-hydrogen) atoms. The summed E-state index contributed by atoms with van der Waals surface area (Å²) >= 11 is 0. The minimum Gasteiger partial charge on any atom is -0.488 e. The summed E-state index contributed by atoms with van der Waals surface area (Å²) in [6, 6.07) is 4.19. The third kappa shape index (κ3) is 4.32. The van der Waals surface area contributed by atoms with Crippen LogP contribution in [0.3, 0.4) is 0 Å². The number of amides is 1. The molecule has 6 nitrogen and oxygen atoms in total. The van der Waals surface area contributed by atoms with Gasteiger partial charge in [0, 0.05) is 0 Å². The van der Waals surface area contributed by atoms with E-state index < -0.39 is 15.9 Å². The molecule has 1 amide bonds. The Labute approximate surface area is 130 Å². The number of hydrogen-bond acceptors (Lipinski definition) is 4. The lowest BCUT2D eigenvalue weighted by molar-refractivity contribution is -0.111. The van der Waals surface area contributed by atoms with Crippen LogP contribution >= 0.6 is 0 Å². The van der Waals surface area contributed by atoms with Crippen molar-refractivity contribution >= 4 is 21.6 Å². The summed E-state index contributed by atoms with van der Waals surface area (Å²) in [4.78, 5) is 11.4.